The van der Waals surface area contributed by atoms with Crippen molar-refractivity contribution in [3.63, 3.8) is 0 Å². The first kappa shape index (κ1) is 15.1. The number of nitrogens with one attached hydrogen (secondary N) is 1. The molecule has 0 aliphatic carbocycles. The summed E-state index contributed by atoms with van der Waals surface area (Å²) in [5, 5.41) is 3.84. The Hall–Kier alpha value is -2.76. The zero-order valence-electron chi connectivity index (χ0n) is 13.2. The topological polar surface area (TPSA) is 59.8 Å². The number of halogens is 1. The molecule has 1 N–H and O–H groups in total. The Balaban J connectivity index is 2.07. The van der Waals surface area contributed by atoms with Crippen LogP contribution in [0.3, 0.4) is 0 Å². The number of benzene rings is 1. The molecule has 0 atom stereocenters. The number of fused-ring (bicyclic) bond motifs is 1. The highest BCUT2D eigenvalue weighted by Gasteiger charge is 2.10. The van der Waals surface area contributed by atoms with Gasteiger partial charge in [-0.2, -0.15) is 4.98 Å². The van der Waals surface area contributed by atoms with Crippen molar-refractivity contribution in [2.45, 2.75) is 26.8 Å². The molecule has 0 unspecified atom stereocenters. The highest BCUT2D eigenvalue weighted by Crippen LogP contribution is 2.19. The second kappa shape index (κ2) is 5.79. The summed E-state index contributed by atoms with van der Waals surface area (Å²) in [5.74, 6) is 0.104. The molecule has 0 radical (unpaired) electrons. The molecule has 5 nitrogen and oxygen atoms in total. The monoisotopic (exact) mass is 312 g/mol. The van der Waals surface area contributed by atoms with E-state index in [4.69, 9.17) is 0 Å². The molecule has 3 rings (SSSR count). The molecule has 1 aromatic carbocycles. The Bertz CT molecular complexity index is 934. The molecule has 0 aliphatic rings. The van der Waals surface area contributed by atoms with E-state index in [9.17, 15) is 9.18 Å². The van der Waals surface area contributed by atoms with Gasteiger partial charge in [0.25, 0.3) is 5.56 Å². The van der Waals surface area contributed by atoms with E-state index in [1.54, 1.807) is 35.9 Å². The van der Waals surface area contributed by atoms with E-state index in [-0.39, 0.29) is 17.4 Å². The Morgan fingerprint density at radius 3 is 2.70 bits per heavy atom. The molecule has 0 fully saturated rings. The molecule has 0 saturated heterocycles. The maximum atomic E-state index is 13.3. The summed E-state index contributed by atoms with van der Waals surface area (Å²) < 4.78 is 15.0. The van der Waals surface area contributed by atoms with Crippen LogP contribution in [-0.2, 0) is 0 Å². The van der Waals surface area contributed by atoms with Gasteiger partial charge in [-0.15, -0.1) is 0 Å². The number of pyridine rings is 1. The molecule has 2 aromatic heterocycles. The Morgan fingerprint density at radius 1 is 1.22 bits per heavy atom. The number of rotatable bonds is 3. The lowest BCUT2D eigenvalue weighted by Crippen LogP contribution is -2.22. The predicted molar refractivity (Wildman–Crippen MR) is 88.6 cm³/mol. The molecule has 0 aliphatic heterocycles. The quantitative estimate of drug-likeness (QED) is 0.803. The number of anilines is 2. The van der Waals surface area contributed by atoms with Crippen molar-refractivity contribution in [1.29, 1.82) is 0 Å². The van der Waals surface area contributed by atoms with Crippen LogP contribution in [0.4, 0.5) is 16.0 Å². The predicted octanol–water partition coefficient (Wildman–Crippen LogP) is 3.56. The lowest BCUT2D eigenvalue weighted by atomic mass is 10.2. The number of aromatic nitrogens is 3. The average Bonchev–Trinajstić information content (AvgIpc) is 2.50. The summed E-state index contributed by atoms with van der Waals surface area (Å²) in [7, 11) is 0. The first-order chi connectivity index (χ1) is 11.0. The van der Waals surface area contributed by atoms with Crippen LogP contribution < -0.4 is 10.9 Å². The molecule has 2 heterocycles. The number of hydrogen-bond donors (Lipinski definition) is 1. The second-order valence-electron chi connectivity index (χ2n) is 5.70. The first-order valence-electron chi connectivity index (χ1n) is 7.37. The van der Waals surface area contributed by atoms with E-state index in [0.717, 1.165) is 5.39 Å². The summed E-state index contributed by atoms with van der Waals surface area (Å²) in [6.45, 7) is 5.55. The summed E-state index contributed by atoms with van der Waals surface area (Å²) >= 11 is 0. The van der Waals surface area contributed by atoms with Crippen molar-refractivity contribution in [3.05, 3.63) is 58.3 Å². The van der Waals surface area contributed by atoms with Crippen LogP contribution in [0, 0.1) is 12.7 Å². The van der Waals surface area contributed by atoms with Gasteiger partial charge in [-0.05, 0) is 50.6 Å². The third-order valence-corrected chi connectivity index (χ3v) is 3.60. The maximum absolute atomic E-state index is 13.3. The fourth-order valence-electron chi connectivity index (χ4n) is 2.45. The lowest BCUT2D eigenvalue weighted by Gasteiger charge is -2.13. The molecule has 0 spiro atoms. The normalized spacial score (nSPS) is 11.2. The van der Waals surface area contributed by atoms with Crippen molar-refractivity contribution in [2.24, 2.45) is 0 Å². The van der Waals surface area contributed by atoms with Gasteiger partial charge < -0.3 is 5.32 Å². The Labute approximate surface area is 132 Å². The van der Waals surface area contributed by atoms with E-state index < -0.39 is 0 Å². The van der Waals surface area contributed by atoms with E-state index in [1.165, 1.54) is 12.1 Å². The highest BCUT2D eigenvalue weighted by molar-refractivity contribution is 5.75. The SMILES string of the molecule is Cc1cc(Nc2ncc3ccc(=O)n(C(C)C)c3n2)ccc1F. The number of nitrogens with zero attached hydrogens (tertiary/aromatic N) is 3. The molecule has 0 bridgehead atoms. The minimum absolute atomic E-state index is 0.0120. The van der Waals surface area contributed by atoms with Gasteiger partial charge in [-0.3, -0.25) is 9.36 Å². The summed E-state index contributed by atoms with van der Waals surface area (Å²) in [4.78, 5) is 20.8. The fraction of sp³-hybridized carbons (Fsp3) is 0.235. The van der Waals surface area contributed by atoms with Crippen LogP contribution in [0.25, 0.3) is 11.0 Å². The standard InChI is InChI=1S/C17H17FN4O/c1-10(2)22-15(23)7-4-12-9-19-17(21-16(12)22)20-13-5-6-14(18)11(3)8-13/h4-10H,1-3H3,(H,19,20,21). The third-order valence-electron chi connectivity index (χ3n) is 3.60. The van der Waals surface area contributed by atoms with Crippen LogP contribution in [0.15, 0.2) is 41.3 Å². The lowest BCUT2D eigenvalue weighted by molar-refractivity contribution is 0.595. The molecular formula is C17H17FN4O. The van der Waals surface area contributed by atoms with Crippen LogP contribution in [0.1, 0.15) is 25.5 Å². The van der Waals surface area contributed by atoms with Gasteiger partial charge in [0, 0.05) is 29.4 Å². The molecule has 3 aromatic rings. The average molecular weight is 312 g/mol. The van der Waals surface area contributed by atoms with Crippen molar-refractivity contribution in [1.82, 2.24) is 14.5 Å². The molecule has 0 saturated carbocycles. The van der Waals surface area contributed by atoms with E-state index in [1.807, 2.05) is 13.8 Å². The number of hydrogen-bond acceptors (Lipinski definition) is 4. The molecule has 0 amide bonds. The zero-order chi connectivity index (χ0) is 16.6. The molecular weight excluding hydrogens is 295 g/mol. The third kappa shape index (κ3) is 2.92. The Morgan fingerprint density at radius 2 is 2.00 bits per heavy atom. The van der Waals surface area contributed by atoms with Crippen LogP contribution >= 0.6 is 0 Å². The van der Waals surface area contributed by atoms with Gasteiger partial charge >= 0.3 is 0 Å². The van der Waals surface area contributed by atoms with Crippen molar-refractivity contribution in [3.8, 4) is 0 Å². The maximum Gasteiger partial charge on any atom is 0.252 e. The van der Waals surface area contributed by atoms with Crippen molar-refractivity contribution < 1.29 is 4.39 Å². The van der Waals surface area contributed by atoms with E-state index in [2.05, 4.69) is 15.3 Å². The van der Waals surface area contributed by atoms with Gasteiger partial charge in [0.2, 0.25) is 5.95 Å². The summed E-state index contributed by atoms with van der Waals surface area (Å²) in [6.07, 6.45) is 1.67. The van der Waals surface area contributed by atoms with Crippen molar-refractivity contribution in [2.75, 3.05) is 5.32 Å². The molecule has 118 valence electrons. The van der Waals surface area contributed by atoms with Crippen LogP contribution in [0.2, 0.25) is 0 Å². The van der Waals surface area contributed by atoms with Gasteiger partial charge in [0.15, 0.2) is 0 Å². The first-order valence-corrected chi connectivity index (χ1v) is 7.37. The van der Waals surface area contributed by atoms with E-state index >= 15 is 0 Å². The van der Waals surface area contributed by atoms with Gasteiger partial charge in [-0.1, -0.05) is 0 Å². The van der Waals surface area contributed by atoms with Gasteiger partial charge in [-0.25, -0.2) is 9.37 Å². The summed E-state index contributed by atoms with van der Waals surface area (Å²) in [6, 6.07) is 7.91. The minimum Gasteiger partial charge on any atom is -0.324 e. The van der Waals surface area contributed by atoms with Gasteiger partial charge in [0.05, 0.1) is 0 Å². The van der Waals surface area contributed by atoms with Crippen LogP contribution in [-0.4, -0.2) is 14.5 Å². The van der Waals surface area contributed by atoms with Crippen LogP contribution in [0.5, 0.6) is 0 Å². The fourth-order valence-corrected chi connectivity index (χ4v) is 2.45. The largest absolute Gasteiger partial charge is 0.324 e. The molecule has 6 heteroatoms. The molecule has 23 heavy (non-hydrogen) atoms. The van der Waals surface area contributed by atoms with Gasteiger partial charge in [0.1, 0.15) is 11.5 Å². The summed E-state index contributed by atoms with van der Waals surface area (Å²) in [5.41, 5.74) is 1.70. The van der Waals surface area contributed by atoms with E-state index in [0.29, 0.717) is 22.8 Å². The minimum atomic E-state index is -0.261. The number of aryl methyl sites for hydroxylation is 1. The smallest absolute Gasteiger partial charge is 0.252 e. The van der Waals surface area contributed by atoms with Crippen molar-refractivity contribution >= 4 is 22.7 Å². The highest BCUT2D eigenvalue weighted by atomic mass is 19.1. The Kier molecular flexibility index (Phi) is 3.82. The second-order valence-corrected chi connectivity index (χ2v) is 5.70. The zero-order valence-corrected chi connectivity index (χ0v) is 13.2.